The SMILES string of the molecule is O=c1cnn(CC2(c3ccccc3)CCCC2)cc1O. The second kappa shape index (κ2) is 5.12. The fraction of sp³-hybridized carbons (Fsp3) is 0.375. The van der Waals surface area contributed by atoms with Gasteiger partial charge in [-0.1, -0.05) is 43.2 Å². The van der Waals surface area contributed by atoms with Crippen LogP contribution in [0.15, 0.2) is 47.5 Å². The molecule has 4 nitrogen and oxygen atoms in total. The summed E-state index contributed by atoms with van der Waals surface area (Å²) >= 11 is 0. The molecule has 0 saturated heterocycles. The van der Waals surface area contributed by atoms with Gasteiger partial charge in [0.1, 0.15) is 0 Å². The normalized spacial score (nSPS) is 17.2. The van der Waals surface area contributed by atoms with Gasteiger partial charge >= 0.3 is 0 Å². The van der Waals surface area contributed by atoms with Crippen molar-refractivity contribution in [3.05, 3.63) is 58.5 Å². The van der Waals surface area contributed by atoms with Crippen molar-refractivity contribution in [2.75, 3.05) is 0 Å². The minimum atomic E-state index is -0.429. The van der Waals surface area contributed by atoms with Gasteiger partial charge in [0, 0.05) is 5.41 Å². The van der Waals surface area contributed by atoms with Gasteiger partial charge in [0.05, 0.1) is 18.9 Å². The van der Waals surface area contributed by atoms with Gasteiger partial charge in [-0.3, -0.25) is 9.48 Å². The summed E-state index contributed by atoms with van der Waals surface area (Å²) < 4.78 is 1.69. The van der Waals surface area contributed by atoms with Crippen molar-refractivity contribution in [2.24, 2.45) is 0 Å². The van der Waals surface area contributed by atoms with Crippen molar-refractivity contribution in [3.8, 4) is 5.75 Å². The van der Waals surface area contributed by atoms with Crippen LogP contribution in [-0.4, -0.2) is 14.9 Å². The van der Waals surface area contributed by atoms with E-state index < -0.39 is 5.43 Å². The molecule has 0 bridgehead atoms. The average molecular weight is 270 g/mol. The first-order valence-electron chi connectivity index (χ1n) is 7.01. The van der Waals surface area contributed by atoms with E-state index in [0.29, 0.717) is 6.54 Å². The Morgan fingerprint density at radius 3 is 2.55 bits per heavy atom. The number of rotatable bonds is 3. The third kappa shape index (κ3) is 2.33. The quantitative estimate of drug-likeness (QED) is 0.932. The molecule has 1 heterocycles. The lowest BCUT2D eigenvalue weighted by Gasteiger charge is -2.30. The summed E-state index contributed by atoms with van der Waals surface area (Å²) in [7, 11) is 0. The summed E-state index contributed by atoms with van der Waals surface area (Å²) in [4.78, 5) is 11.2. The zero-order valence-electron chi connectivity index (χ0n) is 11.3. The van der Waals surface area contributed by atoms with Crippen LogP contribution < -0.4 is 5.43 Å². The van der Waals surface area contributed by atoms with Crippen LogP contribution in [-0.2, 0) is 12.0 Å². The highest BCUT2D eigenvalue weighted by atomic mass is 16.3. The number of benzene rings is 1. The van der Waals surface area contributed by atoms with Crippen molar-refractivity contribution in [1.29, 1.82) is 0 Å². The zero-order valence-corrected chi connectivity index (χ0v) is 11.3. The van der Waals surface area contributed by atoms with E-state index in [2.05, 4.69) is 29.4 Å². The van der Waals surface area contributed by atoms with Crippen LogP contribution in [0.25, 0.3) is 0 Å². The highest BCUT2D eigenvalue weighted by molar-refractivity contribution is 5.26. The first-order valence-corrected chi connectivity index (χ1v) is 7.01. The van der Waals surface area contributed by atoms with Gasteiger partial charge in [-0.25, -0.2) is 0 Å². The Bertz CT molecular complexity index is 643. The topological polar surface area (TPSA) is 55.1 Å². The summed E-state index contributed by atoms with van der Waals surface area (Å²) in [5.41, 5.74) is 0.953. The number of aromatic nitrogens is 2. The number of aromatic hydroxyl groups is 1. The van der Waals surface area contributed by atoms with Gasteiger partial charge < -0.3 is 5.11 Å². The molecule has 0 amide bonds. The van der Waals surface area contributed by atoms with Crippen LogP contribution in [0.1, 0.15) is 31.2 Å². The summed E-state index contributed by atoms with van der Waals surface area (Å²) in [5, 5.41) is 13.7. The Balaban J connectivity index is 1.95. The monoisotopic (exact) mass is 270 g/mol. The second-order valence-corrected chi connectivity index (χ2v) is 5.57. The second-order valence-electron chi connectivity index (χ2n) is 5.57. The molecule has 20 heavy (non-hydrogen) atoms. The van der Waals surface area contributed by atoms with E-state index in [9.17, 15) is 9.90 Å². The molecule has 0 unspecified atom stereocenters. The number of hydrogen-bond donors (Lipinski definition) is 1. The summed E-state index contributed by atoms with van der Waals surface area (Å²) in [6.07, 6.45) is 7.27. The Kier molecular flexibility index (Phi) is 3.30. The molecule has 3 rings (SSSR count). The van der Waals surface area contributed by atoms with E-state index in [4.69, 9.17) is 0 Å². The Hall–Kier alpha value is -2.10. The van der Waals surface area contributed by atoms with E-state index in [0.717, 1.165) is 12.8 Å². The van der Waals surface area contributed by atoms with Crippen LogP contribution in [0.4, 0.5) is 0 Å². The van der Waals surface area contributed by atoms with Gasteiger partial charge in [0.2, 0.25) is 5.43 Å². The lowest BCUT2D eigenvalue weighted by molar-refractivity contribution is 0.342. The number of hydrogen-bond acceptors (Lipinski definition) is 3. The lowest BCUT2D eigenvalue weighted by atomic mass is 9.79. The predicted molar refractivity (Wildman–Crippen MR) is 76.7 cm³/mol. The van der Waals surface area contributed by atoms with E-state index >= 15 is 0 Å². The lowest BCUT2D eigenvalue weighted by Crippen LogP contribution is -2.30. The summed E-state index contributed by atoms with van der Waals surface area (Å²) in [5.74, 6) is -0.235. The fourth-order valence-electron chi connectivity index (χ4n) is 3.21. The largest absolute Gasteiger partial charge is 0.503 e. The van der Waals surface area contributed by atoms with Crippen molar-refractivity contribution in [2.45, 2.75) is 37.6 Å². The minimum Gasteiger partial charge on any atom is -0.503 e. The molecule has 1 N–H and O–H groups in total. The molecule has 1 aliphatic carbocycles. The standard InChI is InChI=1S/C16H18N2O2/c19-14-10-17-18(11-15(14)20)12-16(8-4-5-9-16)13-6-2-1-3-7-13/h1-3,6-7,10-11,20H,4-5,8-9,12H2. The predicted octanol–water partition coefficient (Wildman–Crippen LogP) is 2.46. The van der Waals surface area contributed by atoms with Crippen molar-refractivity contribution < 1.29 is 5.11 Å². The zero-order chi connectivity index (χ0) is 14.0. The smallest absolute Gasteiger partial charge is 0.241 e. The minimum absolute atomic E-state index is 0.0652. The fourth-order valence-corrected chi connectivity index (χ4v) is 3.21. The van der Waals surface area contributed by atoms with Crippen molar-refractivity contribution >= 4 is 0 Å². The maximum atomic E-state index is 11.2. The average Bonchev–Trinajstić information content (AvgIpc) is 2.94. The first-order chi connectivity index (χ1) is 9.70. The highest BCUT2D eigenvalue weighted by Crippen LogP contribution is 2.42. The van der Waals surface area contributed by atoms with E-state index in [-0.39, 0.29) is 11.2 Å². The molecule has 1 saturated carbocycles. The van der Waals surface area contributed by atoms with Gasteiger partial charge in [0.25, 0.3) is 0 Å². The Morgan fingerprint density at radius 2 is 1.90 bits per heavy atom. The Morgan fingerprint density at radius 1 is 1.20 bits per heavy atom. The van der Waals surface area contributed by atoms with Crippen LogP contribution >= 0.6 is 0 Å². The summed E-state index contributed by atoms with van der Waals surface area (Å²) in [6, 6.07) is 10.5. The van der Waals surface area contributed by atoms with E-state index in [1.54, 1.807) is 4.68 Å². The van der Waals surface area contributed by atoms with Crippen molar-refractivity contribution in [1.82, 2.24) is 9.78 Å². The van der Waals surface area contributed by atoms with Crippen molar-refractivity contribution in [3.63, 3.8) is 0 Å². The van der Waals surface area contributed by atoms with Crippen LogP contribution in [0.2, 0.25) is 0 Å². The molecule has 1 aromatic carbocycles. The van der Waals surface area contributed by atoms with Crippen LogP contribution in [0, 0.1) is 0 Å². The third-order valence-electron chi connectivity index (χ3n) is 4.26. The summed E-state index contributed by atoms with van der Waals surface area (Å²) in [6.45, 7) is 0.699. The number of nitrogens with zero attached hydrogens (tertiary/aromatic N) is 2. The first kappa shape index (κ1) is 12.9. The van der Waals surface area contributed by atoms with Crippen LogP contribution in [0.5, 0.6) is 5.75 Å². The highest BCUT2D eigenvalue weighted by Gasteiger charge is 2.36. The van der Waals surface area contributed by atoms with Gasteiger partial charge in [0.15, 0.2) is 5.75 Å². The van der Waals surface area contributed by atoms with Gasteiger partial charge in [-0.2, -0.15) is 5.10 Å². The van der Waals surface area contributed by atoms with Gasteiger partial charge in [-0.15, -0.1) is 0 Å². The molecule has 1 aliphatic rings. The molecule has 0 spiro atoms. The molecule has 0 radical (unpaired) electrons. The van der Waals surface area contributed by atoms with Gasteiger partial charge in [-0.05, 0) is 18.4 Å². The van der Waals surface area contributed by atoms with E-state index in [1.165, 1.54) is 30.8 Å². The molecule has 4 heteroatoms. The Labute approximate surface area is 117 Å². The molecule has 1 fully saturated rings. The maximum absolute atomic E-state index is 11.2. The molecular formula is C16H18N2O2. The molecule has 0 aliphatic heterocycles. The third-order valence-corrected chi connectivity index (χ3v) is 4.26. The molecule has 104 valence electrons. The van der Waals surface area contributed by atoms with E-state index in [1.807, 2.05) is 6.07 Å². The molecule has 2 aromatic rings. The van der Waals surface area contributed by atoms with Crippen LogP contribution in [0.3, 0.4) is 0 Å². The maximum Gasteiger partial charge on any atom is 0.241 e. The molecule has 1 aromatic heterocycles. The molecule has 0 atom stereocenters. The molecular weight excluding hydrogens is 252 g/mol.